The minimum absolute atomic E-state index is 0.0620. The van der Waals surface area contributed by atoms with Crippen LogP contribution in [0.2, 0.25) is 0 Å². The molecule has 7 heteroatoms. The lowest BCUT2D eigenvalue weighted by Gasteiger charge is -2.16. The maximum absolute atomic E-state index is 14.0. The van der Waals surface area contributed by atoms with E-state index < -0.39 is 15.8 Å². The average Bonchev–Trinajstić information content (AvgIpc) is 2.94. The normalized spacial score (nSPS) is 19.5. The second-order valence-electron chi connectivity index (χ2n) is 5.69. The molecule has 1 heterocycles. The number of halogens is 1. The molecule has 0 aliphatic carbocycles. The lowest BCUT2D eigenvalue weighted by Crippen LogP contribution is -2.23. The van der Waals surface area contributed by atoms with Crippen molar-refractivity contribution in [3.63, 3.8) is 0 Å². The molecule has 1 saturated heterocycles. The average molecular weight is 329 g/mol. The minimum Gasteiger partial charge on any atom is -0.382 e. The van der Waals surface area contributed by atoms with Crippen molar-refractivity contribution in [2.24, 2.45) is 5.92 Å². The van der Waals surface area contributed by atoms with Crippen LogP contribution in [0.15, 0.2) is 23.1 Å². The Hall–Kier alpha value is -1.18. The SMILES string of the molecule is CCCN1CCC(CNc2ccc(S(=O)(=O)NC)cc2F)C1. The summed E-state index contributed by atoms with van der Waals surface area (Å²) >= 11 is 0. The number of rotatable bonds is 7. The summed E-state index contributed by atoms with van der Waals surface area (Å²) < 4.78 is 39.5. The zero-order chi connectivity index (χ0) is 16.2. The number of anilines is 1. The molecule has 2 N–H and O–H groups in total. The van der Waals surface area contributed by atoms with E-state index in [-0.39, 0.29) is 4.90 Å². The van der Waals surface area contributed by atoms with Gasteiger partial charge in [-0.25, -0.2) is 17.5 Å². The molecule has 124 valence electrons. The molecule has 1 unspecified atom stereocenters. The van der Waals surface area contributed by atoms with Crippen molar-refractivity contribution < 1.29 is 12.8 Å². The Balaban J connectivity index is 1.94. The predicted octanol–water partition coefficient (Wildman–Crippen LogP) is 1.88. The van der Waals surface area contributed by atoms with E-state index in [1.165, 1.54) is 19.2 Å². The number of hydrogen-bond acceptors (Lipinski definition) is 4. The quantitative estimate of drug-likeness (QED) is 0.802. The molecule has 1 aromatic carbocycles. The molecular weight excluding hydrogens is 305 g/mol. The molecular formula is C15H24FN3O2S. The van der Waals surface area contributed by atoms with Gasteiger partial charge >= 0.3 is 0 Å². The van der Waals surface area contributed by atoms with Gasteiger partial charge in [-0.1, -0.05) is 6.92 Å². The highest BCUT2D eigenvalue weighted by Gasteiger charge is 2.22. The van der Waals surface area contributed by atoms with Gasteiger partial charge in [-0.3, -0.25) is 0 Å². The molecule has 0 amide bonds. The Morgan fingerprint density at radius 3 is 2.82 bits per heavy atom. The van der Waals surface area contributed by atoms with Crippen LogP contribution in [0.4, 0.5) is 10.1 Å². The second-order valence-corrected chi connectivity index (χ2v) is 7.57. The molecule has 0 saturated carbocycles. The van der Waals surface area contributed by atoms with Crippen LogP contribution in [-0.4, -0.2) is 46.5 Å². The number of likely N-dealkylation sites (tertiary alicyclic amines) is 1. The van der Waals surface area contributed by atoms with Crippen molar-refractivity contribution >= 4 is 15.7 Å². The zero-order valence-corrected chi connectivity index (χ0v) is 13.9. The first-order valence-electron chi connectivity index (χ1n) is 7.65. The molecule has 2 rings (SSSR count). The van der Waals surface area contributed by atoms with Gasteiger partial charge in [0.1, 0.15) is 5.82 Å². The van der Waals surface area contributed by atoms with Crippen LogP contribution in [0.3, 0.4) is 0 Å². The van der Waals surface area contributed by atoms with Crippen LogP contribution in [-0.2, 0) is 10.0 Å². The number of hydrogen-bond donors (Lipinski definition) is 2. The van der Waals surface area contributed by atoms with E-state index in [2.05, 4.69) is 21.9 Å². The Morgan fingerprint density at radius 2 is 2.18 bits per heavy atom. The van der Waals surface area contributed by atoms with Crippen LogP contribution in [0.5, 0.6) is 0 Å². The number of nitrogens with one attached hydrogen (secondary N) is 2. The summed E-state index contributed by atoms with van der Waals surface area (Å²) in [7, 11) is -2.30. The van der Waals surface area contributed by atoms with Crippen LogP contribution < -0.4 is 10.0 Å². The van der Waals surface area contributed by atoms with Crippen LogP contribution in [0.1, 0.15) is 19.8 Å². The first kappa shape index (κ1) is 17.2. The topological polar surface area (TPSA) is 61.4 Å². The van der Waals surface area contributed by atoms with E-state index in [0.29, 0.717) is 18.2 Å². The van der Waals surface area contributed by atoms with Gasteiger partial charge in [-0.2, -0.15) is 0 Å². The first-order valence-corrected chi connectivity index (χ1v) is 9.14. The van der Waals surface area contributed by atoms with Gasteiger partial charge in [-0.05, 0) is 57.1 Å². The van der Waals surface area contributed by atoms with E-state index in [1.807, 2.05) is 0 Å². The first-order chi connectivity index (χ1) is 10.5. The maximum Gasteiger partial charge on any atom is 0.240 e. The molecule has 1 fully saturated rings. The standard InChI is InChI=1S/C15H24FN3O2S/c1-3-7-19-8-6-12(11-19)10-18-15-5-4-13(9-14(15)16)22(20,21)17-2/h4-5,9,12,17-18H,3,6-8,10-11H2,1-2H3. The lowest BCUT2D eigenvalue weighted by atomic mass is 10.1. The number of benzene rings is 1. The summed E-state index contributed by atoms with van der Waals surface area (Å²) in [4.78, 5) is 2.36. The molecule has 22 heavy (non-hydrogen) atoms. The molecule has 0 radical (unpaired) electrons. The smallest absolute Gasteiger partial charge is 0.240 e. The molecule has 1 aromatic rings. The summed E-state index contributed by atoms with van der Waals surface area (Å²) in [6, 6.07) is 3.94. The van der Waals surface area contributed by atoms with Crippen molar-refractivity contribution in [3.05, 3.63) is 24.0 Å². The highest BCUT2D eigenvalue weighted by atomic mass is 32.2. The molecule has 0 spiro atoms. The fourth-order valence-electron chi connectivity index (χ4n) is 2.78. The van der Waals surface area contributed by atoms with Gasteiger partial charge in [0.15, 0.2) is 0 Å². The summed E-state index contributed by atoms with van der Waals surface area (Å²) in [5, 5.41) is 3.10. The van der Waals surface area contributed by atoms with Crippen LogP contribution in [0, 0.1) is 11.7 Å². The Bertz CT molecular complexity index is 607. The van der Waals surface area contributed by atoms with Gasteiger partial charge in [0.2, 0.25) is 10.0 Å². The molecule has 1 aliphatic rings. The Morgan fingerprint density at radius 1 is 1.41 bits per heavy atom. The molecule has 5 nitrogen and oxygen atoms in total. The summed E-state index contributed by atoms with van der Waals surface area (Å²) in [6.45, 7) is 6.12. The lowest BCUT2D eigenvalue weighted by molar-refractivity contribution is 0.327. The van der Waals surface area contributed by atoms with Crippen molar-refractivity contribution in [1.82, 2.24) is 9.62 Å². The maximum atomic E-state index is 14.0. The van der Waals surface area contributed by atoms with Crippen molar-refractivity contribution in [1.29, 1.82) is 0 Å². The van der Waals surface area contributed by atoms with E-state index in [0.717, 1.165) is 38.5 Å². The molecule has 1 aliphatic heterocycles. The molecule has 1 atom stereocenters. The number of sulfonamides is 1. The predicted molar refractivity (Wildman–Crippen MR) is 86.0 cm³/mol. The van der Waals surface area contributed by atoms with Crippen LogP contribution in [0.25, 0.3) is 0 Å². The third kappa shape index (κ3) is 4.18. The monoisotopic (exact) mass is 329 g/mol. The van der Waals surface area contributed by atoms with Crippen molar-refractivity contribution in [2.45, 2.75) is 24.7 Å². The fraction of sp³-hybridized carbons (Fsp3) is 0.600. The van der Waals surface area contributed by atoms with E-state index in [4.69, 9.17) is 0 Å². The van der Waals surface area contributed by atoms with Gasteiger partial charge in [0.05, 0.1) is 10.6 Å². The fourth-order valence-corrected chi connectivity index (χ4v) is 3.52. The number of nitrogens with zero attached hydrogens (tertiary/aromatic N) is 1. The van der Waals surface area contributed by atoms with Crippen molar-refractivity contribution in [3.8, 4) is 0 Å². The van der Waals surface area contributed by atoms with Gasteiger partial charge < -0.3 is 10.2 Å². The Labute approximate surface area is 131 Å². The largest absolute Gasteiger partial charge is 0.382 e. The van der Waals surface area contributed by atoms with Gasteiger partial charge in [0.25, 0.3) is 0 Å². The summed E-state index contributed by atoms with van der Waals surface area (Å²) in [6.07, 6.45) is 2.26. The van der Waals surface area contributed by atoms with Crippen LogP contribution >= 0.6 is 0 Å². The molecule has 0 aromatic heterocycles. The van der Waals surface area contributed by atoms with E-state index >= 15 is 0 Å². The second kappa shape index (κ2) is 7.39. The highest BCUT2D eigenvalue weighted by Crippen LogP contribution is 2.21. The summed E-state index contributed by atoms with van der Waals surface area (Å²) in [5.41, 5.74) is 0.351. The van der Waals surface area contributed by atoms with Gasteiger partial charge in [0, 0.05) is 13.1 Å². The third-order valence-electron chi connectivity index (χ3n) is 4.01. The third-order valence-corrected chi connectivity index (χ3v) is 5.42. The Kier molecular flexibility index (Phi) is 5.77. The molecule has 0 bridgehead atoms. The van der Waals surface area contributed by atoms with Gasteiger partial charge in [-0.15, -0.1) is 0 Å². The highest BCUT2D eigenvalue weighted by molar-refractivity contribution is 7.89. The van der Waals surface area contributed by atoms with E-state index in [1.54, 1.807) is 0 Å². The summed E-state index contributed by atoms with van der Waals surface area (Å²) in [5.74, 6) is -0.0357. The van der Waals surface area contributed by atoms with Crippen molar-refractivity contribution in [2.75, 3.05) is 38.5 Å². The zero-order valence-electron chi connectivity index (χ0n) is 13.1. The van der Waals surface area contributed by atoms with E-state index in [9.17, 15) is 12.8 Å². The minimum atomic E-state index is -3.61.